The molecule has 8 heteroatoms. The molecule has 4 rings (SSSR count). The molecule has 0 saturated carbocycles. The molecule has 0 aliphatic rings. The van der Waals surface area contributed by atoms with E-state index in [0.29, 0.717) is 28.4 Å². The summed E-state index contributed by atoms with van der Waals surface area (Å²) >= 11 is 0. The van der Waals surface area contributed by atoms with Crippen LogP contribution in [-0.2, 0) is 0 Å². The molecule has 0 saturated heterocycles. The van der Waals surface area contributed by atoms with Crippen LogP contribution in [0.3, 0.4) is 0 Å². The fourth-order valence-corrected chi connectivity index (χ4v) is 2.87. The molecule has 0 spiro atoms. The maximum atomic E-state index is 13.4. The molecule has 0 bridgehead atoms. The number of carbonyl (C=O) groups is 1. The number of fused-ring (bicyclic) bond motifs is 1. The summed E-state index contributed by atoms with van der Waals surface area (Å²) in [7, 11) is 0. The first kappa shape index (κ1) is 17.7. The Hall–Kier alpha value is -3.68. The second-order valence-electron chi connectivity index (χ2n) is 6.12. The van der Waals surface area contributed by atoms with Gasteiger partial charge in [-0.3, -0.25) is 4.79 Å². The molecule has 1 N–H and O–H groups in total. The summed E-state index contributed by atoms with van der Waals surface area (Å²) in [6.45, 7) is 1.64. The van der Waals surface area contributed by atoms with Crippen molar-refractivity contribution in [3.63, 3.8) is 0 Å². The molecule has 0 radical (unpaired) electrons. The highest BCUT2D eigenvalue weighted by Gasteiger charge is 2.20. The van der Waals surface area contributed by atoms with Crippen molar-refractivity contribution in [2.45, 2.75) is 6.92 Å². The number of amides is 1. The number of hydrogen-bond acceptors (Lipinski definition) is 4. The van der Waals surface area contributed by atoms with Gasteiger partial charge in [0, 0.05) is 17.3 Å². The molecule has 140 valence electrons. The number of halogens is 3. The molecule has 0 atom stereocenters. The van der Waals surface area contributed by atoms with Gasteiger partial charge >= 0.3 is 0 Å². The van der Waals surface area contributed by atoms with Crippen molar-refractivity contribution in [2.24, 2.45) is 0 Å². The summed E-state index contributed by atoms with van der Waals surface area (Å²) in [4.78, 5) is 17.1. The third-order valence-electron chi connectivity index (χ3n) is 4.12. The van der Waals surface area contributed by atoms with Crippen molar-refractivity contribution in [2.75, 3.05) is 5.32 Å². The Bertz CT molecular complexity index is 1180. The van der Waals surface area contributed by atoms with Crippen molar-refractivity contribution in [1.29, 1.82) is 0 Å². The van der Waals surface area contributed by atoms with Crippen LogP contribution in [0.1, 0.15) is 16.1 Å². The lowest BCUT2D eigenvalue weighted by molar-refractivity contribution is 0.102. The maximum Gasteiger partial charge on any atom is 0.259 e. The number of carbonyl (C=O) groups excluding carboxylic acids is 1. The smallest absolute Gasteiger partial charge is 0.259 e. The van der Waals surface area contributed by atoms with Crippen molar-refractivity contribution in [3.8, 4) is 11.3 Å². The van der Waals surface area contributed by atoms with Crippen LogP contribution < -0.4 is 5.32 Å². The molecule has 0 unspecified atom stereocenters. The number of rotatable bonds is 3. The first-order valence-electron chi connectivity index (χ1n) is 8.21. The van der Waals surface area contributed by atoms with E-state index in [1.807, 2.05) is 0 Å². The molecule has 1 amide bonds. The van der Waals surface area contributed by atoms with E-state index >= 15 is 0 Å². The number of anilines is 1. The number of aromatic nitrogens is 2. The van der Waals surface area contributed by atoms with E-state index in [2.05, 4.69) is 15.5 Å². The SMILES string of the molecule is Cc1noc2nc(-c3ccc(F)cc3)cc(C(=O)Nc3cc(F)cc(F)c3)c12. The third kappa shape index (κ3) is 3.32. The van der Waals surface area contributed by atoms with Gasteiger partial charge in [-0.2, -0.15) is 0 Å². The third-order valence-corrected chi connectivity index (χ3v) is 4.12. The van der Waals surface area contributed by atoms with Gasteiger partial charge in [-0.05, 0) is 49.4 Å². The predicted octanol–water partition coefficient (Wildman–Crippen LogP) is 4.87. The normalized spacial score (nSPS) is 11.0. The average molecular weight is 383 g/mol. The average Bonchev–Trinajstić information content (AvgIpc) is 3.02. The summed E-state index contributed by atoms with van der Waals surface area (Å²) in [6.07, 6.45) is 0. The fourth-order valence-electron chi connectivity index (χ4n) is 2.87. The molecule has 2 aromatic heterocycles. The second kappa shape index (κ2) is 6.80. The lowest BCUT2D eigenvalue weighted by atomic mass is 10.0. The predicted molar refractivity (Wildman–Crippen MR) is 96.2 cm³/mol. The van der Waals surface area contributed by atoms with Crippen molar-refractivity contribution >= 4 is 22.7 Å². The zero-order chi connectivity index (χ0) is 19.8. The monoisotopic (exact) mass is 383 g/mol. The number of aryl methyl sites for hydroxylation is 1. The van der Waals surface area contributed by atoms with Gasteiger partial charge in [0.1, 0.15) is 17.5 Å². The van der Waals surface area contributed by atoms with Crippen LogP contribution in [0.2, 0.25) is 0 Å². The fraction of sp³-hybridized carbons (Fsp3) is 0.0500. The lowest BCUT2D eigenvalue weighted by Crippen LogP contribution is -2.13. The van der Waals surface area contributed by atoms with Gasteiger partial charge in [0.25, 0.3) is 11.6 Å². The first-order valence-corrected chi connectivity index (χ1v) is 8.21. The van der Waals surface area contributed by atoms with Crippen LogP contribution in [0.15, 0.2) is 53.1 Å². The number of pyridine rings is 1. The van der Waals surface area contributed by atoms with E-state index in [9.17, 15) is 18.0 Å². The largest absolute Gasteiger partial charge is 0.335 e. The van der Waals surface area contributed by atoms with E-state index in [1.54, 1.807) is 6.92 Å². The molecule has 0 aliphatic heterocycles. The highest BCUT2D eigenvalue weighted by atomic mass is 19.1. The van der Waals surface area contributed by atoms with E-state index < -0.39 is 23.4 Å². The maximum absolute atomic E-state index is 13.4. The van der Waals surface area contributed by atoms with Gasteiger partial charge in [0.15, 0.2) is 0 Å². The quantitative estimate of drug-likeness (QED) is 0.548. The lowest BCUT2D eigenvalue weighted by Gasteiger charge is -2.09. The molecule has 4 aromatic rings. The van der Waals surface area contributed by atoms with Gasteiger partial charge in [-0.15, -0.1) is 0 Å². The van der Waals surface area contributed by atoms with Gasteiger partial charge in [-0.1, -0.05) is 5.16 Å². The van der Waals surface area contributed by atoms with E-state index in [0.717, 1.165) is 12.1 Å². The Morgan fingerprint density at radius 2 is 1.64 bits per heavy atom. The van der Waals surface area contributed by atoms with Crippen LogP contribution in [0.4, 0.5) is 18.9 Å². The van der Waals surface area contributed by atoms with Gasteiger partial charge in [0.2, 0.25) is 0 Å². The summed E-state index contributed by atoms with van der Waals surface area (Å²) < 4.78 is 45.2. The highest BCUT2D eigenvalue weighted by molar-refractivity contribution is 6.13. The Kier molecular flexibility index (Phi) is 4.31. The van der Waals surface area contributed by atoms with Crippen LogP contribution >= 0.6 is 0 Å². The number of nitrogens with one attached hydrogen (secondary N) is 1. The Morgan fingerprint density at radius 1 is 0.964 bits per heavy atom. The summed E-state index contributed by atoms with van der Waals surface area (Å²) in [6, 6.07) is 9.75. The van der Waals surface area contributed by atoms with Crippen LogP contribution in [-0.4, -0.2) is 16.0 Å². The molecule has 28 heavy (non-hydrogen) atoms. The Morgan fingerprint density at radius 3 is 2.32 bits per heavy atom. The van der Waals surface area contributed by atoms with Crippen LogP contribution in [0.5, 0.6) is 0 Å². The van der Waals surface area contributed by atoms with Crippen LogP contribution in [0, 0.1) is 24.4 Å². The van der Waals surface area contributed by atoms with E-state index in [1.165, 1.54) is 30.3 Å². The number of nitrogens with zero attached hydrogens (tertiary/aromatic N) is 2. The van der Waals surface area contributed by atoms with Crippen molar-refractivity contribution in [1.82, 2.24) is 10.1 Å². The summed E-state index contributed by atoms with van der Waals surface area (Å²) in [5.74, 6) is -2.66. The summed E-state index contributed by atoms with van der Waals surface area (Å²) in [5, 5.41) is 6.66. The molecule has 5 nitrogen and oxygen atoms in total. The zero-order valence-corrected chi connectivity index (χ0v) is 14.5. The van der Waals surface area contributed by atoms with Crippen molar-refractivity contribution < 1.29 is 22.5 Å². The minimum absolute atomic E-state index is 0.0371. The van der Waals surface area contributed by atoms with Crippen molar-refractivity contribution in [3.05, 3.63) is 77.2 Å². The molecule has 2 heterocycles. The van der Waals surface area contributed by atoms with Gasteiger partial charge < -0.3 is 9.84 Å². The Balaban J connectivity index is 1.81. The molecule has 0 aliphatic carbocycles. The number of hydrogen-bond donors (Lipinski definition) is 1. The van der Waals surface area contributed by atoms with Gasteiger partial charge in [0.05, 0.1) is 22.3 Å². The van der Waals surface area contributed by atoms with Gasteiger partial charge in [-0.25, -0.2) is 18.2 Å². The first-order chi connectivity index (χ1) is 13.4. The summed E-state index contributed by atoms with van der Waals surface area (Å²) in [5.41, 5.74) is 1.60. The number of benzene rings is 2. The van der Waals surface area contributed by atoms with Crippen LogP contribution in [0.25, 0.3) is 22.4 Å². The van der Waals surface area contributed by atoms with E-state index in [4.69, 9.17) is 4.52 Å². The molecular weight excluding hydrogens is 371 g/mol. The standard InChI is InChI=1S/C20H12F3N3O2/c1-10-18-16(19(27)24-15-7-13(22)6-14(23)8-15)9-17(25-20(18)28-26-10)11-2-4-12(21)5-3-11/h2-9H,1H3,(H,24,27). The minimum Gasteiger partial charge on any atom is -0.335 e. The highest BCUT2D eigenvalue weighted by Crippen LogP contribution is 2.28. The molecule has 0 fully saturated rings. The minimum atomic E-state index is -0.816. The zero-order valence-electron chi connectivity index (χ0n) is 14.5. The second-order valence-corrected chi connectivity index (χ2v) is 6.12. The topological polar surface area (TPSA) is 68.0 Å². The molecule has 2 aromatic carbocycles. The Labute approximate surface area is 156 Å². The molecular formula is C20H12F3N3O2. The van der Waals surface area contributed by atoms with E-state index in [-0.39, 0.29) is 17.0 Å².